The number of hydrogen-bond acceptors (Lipinski definition) is 1. The zero-order valence-corrected chi connectivity index (χ0v) is 11.1. The third-order valence-electron chi connectivity index (χ3n) is 3.04. The lowest BCUT2D eigenvalue weighted by Crippen LogP contribution is -2.18. The molecular weight excluding hydrogens is 249 g/mol. The highest BCUT2D eigenvalue weighted by Gasteiger charge is 2.14. The molecule has 0 fully saturated rings. The van der Waals surface area contributed by atoms with E-state index in [0.717, 1.165) is 16.7 Å². The van der Waals surface area contributed by atoms with Crippen LogP contribution in [0.5, 0.6) is 0 Å². The smallest absolute Gasteiger partial charge is 0.123 e. The van der Waals surface area contributed by atoms with Crippen molar-refractivity contribution >= 4 is 11.6 Å². The van der Waals surface area contributed by atoms with Crippen molar-refractivity contribution in [2.75, 3.05) is 7.05 Å². The summed E-state index contributed by atoms with van der Waals surface area (Å²) in [5.41, 5.74) is 3.07. The molecule has 1 unspecified atom stereocenters. The van der Waals surface area contributed by atoms with E-state index in [4.69, 9.17) is 11.6 Å². The molecule has 0 saturated heterocycles. The van der Waals surface area contributed by atoms with E-state index in [2.05, 4.69) is 5.32 Å². The minimum absolute atomic E-state index is 0.0297. The van der Waals surface area contributed by atoms with Gasteiger partial charge in [-0.25, -0.2) is 4.39 Å². The van der Waals surface area contributed by atoms with Crippen molar-refractivity contribution in [1.82, 2.24) is 5.32 Å². The van der Waals surface area contributed by atoms with Crippen LogP contribution in [0.15, 0.2) is 42.5 Å². The van der Waals surface area contributed by atoms with Crippen LogP contribution in [0.4, 0.5) is 4.39 Å². The van der Waals surface area contributed by atoms with Crippen LogP contribution in [0.2, 0.25) is 5.02 Å². The van der Waals surface area contributed by atoms with Crippen molar-refractivity contribution in [1.29, 1.82) is 0 Å². The van der Waals surface area contributed by atoms with Crippen molar-refractivity contribution in [3.8, 4) is 0 Å². The molecule has 1 N–H and O–H groups in total. The van der Waals surface area contributed by atoms with Gasteiger partial charge in [-0.1, -0.05) is 29.8 Å². The maximum absolute atomic E-state index is 13.4. The highest BCUT2D eigenvalue weighted by molar-refractivity contribution is 6.30. The Labute approximate surface area is 112 Å². The van der Waals surface area contributed by atoms with Crippen molar-refractivity contribution in [2.24, 2.45) is 0 Å². The summed E-state index contributed by atoms with van der Waals surface area (Å²) in [5.74, 6) is -0.218. The molecule has 94 valence electrons. The van der Waals surface area contributed by atoms with Gasteiger partial charge in [0.2, 0.25) is 0 Å². The Morgan fingerprint density at radius 2 is 1.78 bits per heavy atom. The monoisotopic (exact) mass is 263 g/mol. The minimum atomic E-state index is -0.218. The first-order valence-electron chi connectivity index (χ1n) is 5.80. The van der Waals surface area contributed by atoms with Crippen molar-refractivity contribution < 1.29 is 4.39 Å². The van der Waals surface area contributed by atoms with E-state index in [1.807, 2.05) is 38.2 Å². The molecular formula is C15H15ClFN. The first-order valence-corrected chi connectivity index (χ1v) is 6.18. The van der Waals surface area contributed by atoms with E-state index in [-0.39, 0.29) is 11.9 Å². The number of hydrogen-bond donors (Lipinski definition) is 1. The molecule has 0 aliphatic heterocycles. The Hall–Kier alpha value is -1.38. The molecule has 2 rings (SSSR count). The van der Waals surface area contributed by atoms with Crippen LogP contribution in [-0.4, -0.2) is 7.05 Å². The van der Waals surface area contributed by atoms with Gasteiger partial charge in [-0.15, -0.1) is 0 Å². The van der Waals surface area contributed by atoms with Crippen LogP contribution in [0.1, 0.15) is 22.7 Å². The molecule has 0 aliphatic rings. The zero-order valence-electron chi connectivity index (χ0n) is 10.4. The summed E-state index contributed by atoms with van der Waals surface area (Å²) in [6.45, 7) is 1.98. The first kappa shape index (κ1) is 13.1. The lowest BCUT2D eigenvalue weighted by atomic mass is 9.95. The average Bonchev–Trinajstić information content (AvgIpc) is 2.37. The van der Waals surface area contributed by atoms with Crippen LogP contribution in [0.25, 0.3) is 0 Å². The molecule has 2 aromatic rings. The van der Waals surface area contributed by atoms with Crippen LogP contribution in [0.3, 0.4) is 0 Å². The summed E-state index contributed by atoms with van der Waals surface area (Å²) < 4.78 is 13.4. The largest absolute Gasteiger partial charge is 0.309 e. The fourth-order valence-electron chi connectivity index (χ4n) is 2.08. The molecule has 0 aromatic heterocycles. The summed E-state index contributed by atoms with van der Waals surface area (Å²) in [5, 5.41) is 3.91. The van der Waals surface area contributed by atoms with E-state index < -0.39 is 0 Å². The Bertz CT molecular complexity index is 537. The van der Waals surface area contributed by atoms with E-state index in [1.165, 1.54) is 6.07 Å². The molecule has 0 heterocycles. The molecule has 3 heteroatoms. The van der Waals surface area contributed by atoms with Gasteiger partial charge in [0.1, 0.15) is 5.82 Å². The van der Waals surface area contributed by atoms with E-state index in [9.17, 15) is 4.39 Å². The zero-order chi connectivity index (χ0) is 13.1. The van der Waals surface area contributed by atoms with Gasteiger partial charge in [0.15, 0.2) is 0 Å². The number of halogens is 2. The second-order valence-electron chi connectivity index (χ2n) is 4.27. The van der Waals surface area contributed by atoms with Gasteiger partial charge in [-0.3, -0.25) is 0 Å². The van der Waals surface area contributed by atoms with Crippen molar-refractivity contribution in [2.45, 2.75) is 13.0 Å². The summed E-state index contributed by atoms with van der Waals surface area (Å²) in [4.78, 5) is 0. The predicted octanol–water partition coefficient (Wildman–Crippen LogP) is 4.10. The SMILES string of the molecule is CNC(c1ccc(Cl)cc1)c1cc(F)ccc1C. The summed E-state index contributed by atoms with van der Waals surface area (Å²) in [6, 6.07) is 12.4. The summed E-state index contributed by atoms with van der Waals surface area (Å²) in [6.07, 6.45) is 0. The number of nitrogens with one attached hydrogen (secondary N) is 1. The van der Waals surface area contributed by atoms with Crippen LogP contribution in [0, 0.1) is 12.7 Å². The quantitative estimate of drug-likeness (QED) is 0.879. The average molecular weight is 264 g/mol. The minimum Gasteiger partial charge on any atom is -0.309 e. The van der Waals surface area contributed by atoms with Crippen molar-refractivity contribution in [3.05, 3.63) is 70.0 Å². The van der Waals surface area contributed by atoms with Gasteiger partial charge in [0.25, 0.3) is 0 Å². The molecule has 0 bridgehead atoms. The van der Waals surface area contributed by atoms with Crippen molar-refractivity contribution in [3.63, 3.8) is 0 Å². The third-order valence-corrected chi connectivity index (χ3v) is 3.30. The lowest BCUT2D eigenvalue weighted by Gasteiger charge is -2.19. The van der Waals surface area contributed by atoms with Gasteiger partial charge in [0, 0.05) is 5.02 Å². The Balaban J connectivity index is 2.44. The van der Waals surface area contributed by atoms with E-state index >= 15 is 0 Å². The third kappa shape index (κ3) is 2.71. The maximum atomic E-state index is 13.4. The molecule has 18 heavy (non-hydrogen) atoms. The highest BCUT2D eigenvalue weighted by Crippen LogP contribution is 2.26. The summed E-state index contributed by atoms with van der Waals surface area (Å²) >= 11 is 5.88. The number of benzene rings is 2. The Morgan fingerprint density at radius 3 is 2.39 bits per heavy atom. The van der Waals surface area contributed by atoms with Crippen LogP contribution < -0.4 is 5.32 Å². The van der Waals surface area contributed by atoms with Gasteiger partial charge in [0.05, 0.1) is 6.04 Å². The molecule has 1 nitrogen and oxygen atoms in total. The Kier molecular flexibility index (Phi) is 4.00. The molecule has 0 saturated carbocycles. The second-order valence-corrected chi connectivity index (χ2v) is 4.71. The molecule has 0 spiro atoms. The first-order chi connectivity index (χ1) is 8.61. The van der Waals surface area contributed by atoms with Crippen LogP contribution >= 0.6 is 11.6 Å². The standard InChI is InChI=1S/C15H15ClFN/c1-10-3-8-13(17)9-14(10)15(18-2)11-4-6-12(16)7-5-11/h3-9,15,18H,1-2H3. The molecule has 0 radical (unpaired) electrons. The highest BCUT2D eigenvalue weighted by atomic mass is 35.5. The van der Waals surface area contributed by atoms with Gasteiger partial charge >= 0.3 is 0 Å². The predicted molar refractivity (Wildman–Crippen MR) is 73.5 cm³/mol. The lowest BCUT2D eigenvalue weighted by molar-refractivity contribution is 0.615. The number of aryl methyl sites for hydroxylation is 1. The number of rotatable bonds is 3. The molecule has 2 aromatic carbocycles. The molecule has 0 aliphatic carbocycles. The van der Waals surface area contributed by atoms with Gasteiger partial charge in [-0.2, -0.15) is 0 Å². The van der Waals surface area contributed by atoms with E-state index in [1.54, 1.807) is 12.1 Å². The summed E-state index contributed by atoms with van der Waals surface area (Å²) in [7, 11) is 1.86. The van der Waals surface area contributed by atoms with E-state index in [0.29, 0.717) is 5.02 Å². The second kappa shape index (κ2) is 5.51. The normalized spacial score (nSPS) is 12.4. The van der Waals surface area contributed by atoms with Gasteiger partial charge < -0.3 is 5.32 Å². The topological polar surface area (TPSA) is 12.0 Å². The molecule has 0 amide bonds. The molecule has 1 atom stereocenters. The fraction of sp³-hybridized carbons (Fsp3) is 0.200. The van der Waals surface area contributed by atoms with Gasteiger partial charge in [-0.05, 0) is 54.9 Å². The Morgan fingerprint density at radius 1 is 1.11 bits per heavy atom. The maximum Gasteiger partial charge on any atom is 0.123 e. The fourth-order valence-corrected chi connectivity index (χ4v) is 2.21. The van der Waals surface area contributed by atoms with Crippen LogP contribution in [-0.2, 0) is 0 Å².